The summed E-state index contributed by atoms with van der Waals surface area (Å²) < 4.78 is 18.0. The summed E-state index contributed by atoms with van der Waals surface area (Å²) in [7, 11) is 0. The highest BCUT2D eigenvalue weighted by Crippen LogP contribution is 2.47. The molecule has 2 aromatic heterocycles. The fraction of sp³-hybridized carbons (Fsp3) is 0.333. The molecule has 2 saturated carbocycles. The minimum Gasteiger partial charge on any atom is -0.505 e. The summed E-state index contributed by atoms with van der Waals surface area (Å²) >= 11 is 0. The molecular formula is C54H56N2O4. The third kappa shape index (κ3) is 6.74. The lowest BCUT2D eigenvalue weighted by molar-refractivity contribution is -0.0293. The molecule has 0 saturated heterocycles. The van der Waals surface area contributed by atoms with Gasteiger partial charge < -0.3 is 28.8 Å². The molecule has 0 amide bonds. The zero-order valence-electron chi connectivity index (χ0n) is 35.1. The minimum absolute atomic E-state index is 0.0124. The van der Waals surface area contributed by atoms with Gasteiger partial charge in [-0.1, -0.05) is 111 Å². The number of phenols is 2. The molecule has 0 radical (unpaired) electrons. The second-order valence-corrected chi connectivity index (χ2v) is 17.7. The Balaban J connectivity index is 0.866. The molecule has 306 valence electrons. The summed E-state index contributed by atoms with van der Waals surface area (Å²) in [5, 5.41) is 29.1. The zero-order valence-corrected chi connectivity index (χ0v) is 35.1. The van der Waals surface area contributed by atoms with E-state index in [1.54, 1.807) is 0 Å². The van der Waals surface area contributed by atoms with Crippen LogP contribution in [0.2, 0.25) is 0 Å². The molecule has 6 aromatic carbocycles. The van der Waals surface area contributed by atoms with Crippen molar-refractivity contribution in [1.29, 1.82) is 0 Å². The number of aromatic hydroxyl groups is 2. The lowest BCUT2D eigenvalue weighted by Gasteiger charge is -2.37. The second-order valence-electron chi connectivity index (χ2n) is 17.7. The van der Waals surface area contributed by atoms with E-state index in [4.69, 9.17) is 9.47 Å². The van der Waals surface area contributed by atoms with Gasteiger partial charge in [0.2, 0.25) is 0 Å². The van der Waals surface area contributed by atoms with E-state index in [0.29, 0.717) is 30.6 Å². The molecule has 0 aliphatic heterocycles. The van der Waals surface area contributed by atoms with Crippen molar-refractivity contribution < 1.29 is 19.7 Å². The number of benzene rings is 6. The monoisotopic (exact) mass is 796 g/mol. The van der Waals surface area contributed by atoms with Crippen molar-refractivity contribution in [1.82, 2.24) is 9.13 Å². The number of ether oxygens (including phenoxy) is 2. The maximum atomic E-state index is 12.2. The molecule has 2 aliphatic carbocycles. The fourth-order valence-corrected chi connectivity index (χ4v) is 11.1. The van der Waals surface area contributed by atoms with Crippen LogP contribution in [-0.2, 0) is 9.47 Å². The van der Waals surface area contributed by atoms with E-state index in [1.807, 2.05) is 0 Å². The first-order chi connectivity index (χ1) is 29.4. The highest BCUT2D eigenvalue weighted by molar-refractivity contribution is 6.10. The Labute approximate surface area is 353 Å². The summed E-state index contributed by atoms with van der Waals surface area (Å²) in [6.45, 7) is 7.81. The van der Waals surface area contributed by atoms with Crippen LogP contribution in [0.1, 0.15) is 92.4 Å². The first-order valence-corrected chi connectivity index (χ1v) is 22.2. The van der Waals surface area contributed by atoms with E-state index in [1.165, 1.54) is 21.5 Å². The molecule has 6 heteroatoms. The van der Waals surface area contributed by atoms with Crippen LogP contribution in [0.25, 0.3) is 55.0 Å². The second kappa shape index (κ2) is 16.1. The van der Waals surface area contributed by atoms with E-state index in [9.17, 15) is 10.2 Å². The van der Waals surface area contributed by atoms with E-state index < -0.39 is 0 Å². The van der Waals surface area contributed by atoms with Crippen molar-refractivity contribution in [3.05, 3.63) is 144 Å². The number of nitrogens with zero attached hydrogens (tertiary/aromatic N) is 2. The third-order valence-electron chi connectivity index (χ3n) is 13.7. The number of para-hydroxylation sites is 4. The van der Waals surface area contributed by atoms with Crippen LogP contribution < -0.4 is 0 Å². The average Bonchev–Trinajstić information content (AvgIpc) is 3.78. The summed E-state index contributed by atoms with van der Waals surface area (Å²) in [6, 6.07) is 42.5. The third-order valence-corrected chi connectivity index (χ3v) is 13.7. The Morgan fingerprint density at radius 2 is 0.950 bits per heavy atom. The van der Waals surface area contributed by atoms with Gasteiger partial charge in [0, 0.05) is 57.7 Å². The van der Waals surface area contributed by atoms with Gasteiger partial charge in [0.25, 0.3) is 0 Å². The zero-order chi connectivity index (χ0) is 40.9. The SMILES string of the molecule is Cc1cc(C2CCCCC2OCCCOC2CCCC(C)C2c2cc(C)cc(-n3c4ccccc4c4ccccc43)c2O)c(O)c(-n2c3ccccc3c3ccccc32)c1. The maximum Gasteiger partial charge on any atom is 0.143 e. The number of hydrogen-bond donors (Lipinski definition) is 2. The van der Waals surface area contributed by atoms with Gasteiger partial charge in [-0.25, -0.2) is 0 Å². The Morgan fingerprint density at radius 1 is 0.517 bits per heavy atom. The van der Waals surface area contributed by atoms with Crippen LogP contribution in [0, 0.1) is 19.8 Å². The van der Waals surface area contributed by atoms with Crippen LogP contribution in [0.4, 0.5) is 0 Å². The molecule has 5 unspecified atom stereocenters. The molecule has 0 spiro atoms. The minimum atomic E-state index is 0.0124. The molecule has 8 aromatic rings. The standard InChI is InChI=1S/C54H56N2O4/c1-34-30-42(53(57)48(32-34)55-44-22-9-4-17-37(44)38-18-5-10-23-45(38)55)41-21-8-13-26-50(41)59-28-15-29-60-51-27-14-16-36(3)52(51)43-31-35(2)33-49(54(43)58)56-46-24-11-6-19-39(46)40-20-7-12-25-47(40)56/h4-7,9-12,17-20,22-25,30-33,36,41,50-52,57-58H,8,13-16,21,26-29H2,1-3H3. The van der Waals surface area contributed by atoms with Crippen molar-refractivity contribution in [3.63, 3.8) is 0 Å². The highest BCUT2D eigenvalue weighted by atomic mass is 16.5. The maximum absolute atomic E-state index is 12.2. The predicted octanol–water partition coefficient (Wildman–Crippen LogP) is 13.3. The van der Waals surface area contributed by atoms with Crippen LogP contribution in [0.5, 0.6) is 11.5 Å². The van der Waals surface area contributed by atoms with Gasteiger partial charge in [-0.2, -0.15) is 0 Å². The molecular weight excluding hydrogens is 741 g/mol. The summed E-state index contributed by atoms with van der Waals surface area (Å²) in [5.41, 5.74) is 10.3. The van der Waals surface area contributed by atoms with Gasteiger partial charge >= 0.3 is 0 Å². The molecule has 2 fully saturated rings. The van der Waals surface area contributed by atoms with Gasteiger partial charge in [-0.3, -0.25) is 0 Å². The summed E-state index contributed by atoms with van der Waals surface area (Å²) in [4.78, 5) is 0. The molecule has 10 rings (SSSR count). The van der Waals surface area contributed by atoms with Crippen molar-refractivity contribution in [2.45, 2.75) is 96.2 Å². The Bertz CT molecular complexity index is 2740. The topological polar surface area (TPSA) is 68.8 Å². The van der Waals surface area contributed by atoms with E-state index >= 15 is 0 Å². The van der Waals surface area contributed by atoms with Crippen molar-refractivity contribution in [2.24, 2.45) is 5.92 Å². The lowest BCUT2D eigenvalue weighted by Crippen LogP contribution is -2.32. The van der Waals surface area contributed by atoms with Crippen LogP contribution in [0.15, 0.2) is 121 Å². The van der Waals surface area contributed by atoms with Gasteiger partial charge in [0.1, 0.15) is 11.5 Å². The molecule has 2 heterocycles. The molecule has 6 nitrogen and oxygen atoms in total. The van der Waals surface area contributed by atoms with Crippen LogP contribution in [-0.4, -0.2) is 44.8 Å². The van der Waals surface area contributed by atoms with E-state index in [2.05, 4.69) is 151 Å². The van der Waals surface area contributed by atoms with Gasteiger partial charge in [-0.15, -0.1) is 0 Å². The summed E-state index contributed by atoms with van der Waals surface area (Å²) in [6.07, 6.45) is 8.25. The Kier molecular flexibility index (Phi) is 10.4. The van der Waals surface area contributed by atoms with Crippen molar-refractivity contribution in [2.75, 3.05) is 13.2 Å². The molecule has 2 N–H and O–H groups in total. The quantitative estimate of drug-likeness (QED) is 0.135. The van der Waals surface area contributed by atoms with Crippen molar-refractivity contribution in [3.8, 4) is 22.9 Å². The van der Waals surface area contributed by atoms with Crippen molar-refractivity contribution >= 4 is 43.6 Å². The smallest absolute Gasteiger partial charge is 0.143 e. The number of rotatable bonds is 10. The molecule has 2 aliphatic rings. The Morgan fingerprint density at radius 3 is 1.48 bits per heavy atom. The molecule has 5 atom stereocenters. The molecule has 60 heavy (non-hydrogen) atoms. The Hall–Kier alpha value is -5.56. The number of fused-ring (bicyclic) bond motifs is 6. The molecule has 0 bridgehead atoms. The largest absolute Gasteiger partial charge is 0.505 e. The number of hydrogen-bond acceptors (Lipinski definition) is 4. The fourth-order valence-electron chi connectivity index (χ4n) is 11.1. The summed E-state index contributed by atoms with van der Waals surface area (Å²) in [5.74, 6) is 1.28. The first-order valence-electron chi connectivity index (χ1n) is 22.2. The number of aryl methyl sites for hydroxylation is 2. The van der Waals surface area contributed by atoms with Gasteiger partial charge in [-0.05, 0) is 99.4 Å². The van der Waals surface area contributed by atoms with E-state index in [0.717, 1.165) is 107 Å². The van der Waals surface area contributed by atoms with Gasteiger partial charge in [0.05, 0.1) is 45.6 Å². The van der Waals surface area contributed by atoms with Crippen LogP contribution in [0.3, 0.4) is 0 Å². The highest BCUT2D eigenvalue weighted by Gasteiger charge is 2.36. The first kappa shape index (κ1) is 38.6. The average molecular weight is 797 g/mol. The van der Waals surface area contributed by atoms with Gasteiger partial charge in [0.15, 0.2) is 0 Å². The van der Waals surface area contributed by atoms with Crippen LogP contribution >= 0.6 is 0 Å². The lowest BCUT2D eigenvalue weighted by atomic mass is 9.73. The normalized spacial score (nSPS) is 21.1. The number of phenolic OH excluding ortho intramolecular Hbond substituents is 2. The number of aromatic nitrogens is 2. The van der Waals surface area contributed by atoms with E-state index in [-0.39, 0.29) is 24.0 Å². The predicted molar refractivity (Wildman–Crippen MR) is 245 cm³/mol.